The highest BCUT2D eigenvalue weighted by Gasteiger charge is 2.22. The van der Waals surface area contributed by atoms with Crippen LogP contribution in [0.1, 0.15) is 29.5 Å². The number of ether oxygens (including phenoxy) is 2. The molecule has 5 rings (SSSR count). The Kier molecular flexibility index (Phi) is 10.3. The van der Waals surface area contributed by atoms with E-state index in [1.54, 1.807) is 48.5 Å². The van der Waals surface area contributed by atoms with Crippen molar-refractivity contribution in [3.8, 4) is 5.69 Å². The minimum Gasteiger partial charge on any atom is -0.492 e. The van der Waals surface area contributed by atoms with Gasteiger partial charge in [-0.05, 0) is 70.8 Å². The summed E-state index contributed by atoms with van der Waals surface area (Å²) in [5.41, 5.74) is 3.40. The Morgan fingerprint density at radius 1 is 1.09 bits per heavy atom. The summed E-state index contributed by atoms with van der Waals surface area (Å²) < 4.78 is 12.2. The minimum atomic E-state index is -0.787. The van der Waals surface area contributed by atoms with E-state index in [2.05, 4.69) is 32.7 Å². The predicted molar refractivity (Wildman–Crippen MR) is 169 cm³/mol. The average Bonchev–Trinajstić information content (AvgIpc) is 3.72. The molecule has 0 aliphatic carbocycles. The Morgan fingerprint density at radius 3 is 2.60 bits per heavy atom. The van der Waals surface area contributed by atoms with E-state index in [9.17, 15) is 14.4 Å². The van der Waals surface area contributed by atoms with Gasteiger partial charge >= 0.3 is 6.09 Å². The number of hydrogen-bond donors (Lipinski definition) is 2. The molecule has 2 heterocycles. The fourth-order valence-corrected chi connectivity index (χ4v) is 4.95. The summed E-state index contributed by atoms with van der Waals surface area (Å²) in [6.45, 7) is 3.91. The van der Waals surface area contributed by atoms with Crippen molar-refractivity contribution in [2.75, 3.05) is 11.9 Å². The van der Waals surface area contributed by atoms with Gasteiger partial charge in [0.15, 0.2) is 5.78 Å². The van der Waals surface area contributed by atoms with Crippen LogP contribution in [0.25, 0.3) is 11.8 Å². The zero-order chi connectivity index (χ0) is 31.6. The summed E-state index contributed by atoms with van der Waals surface area (Å²) in [7, 11) is 0. The van der Waals surface area contributed by atoms with Crippen molar-refractivity contribution in [3.05, 3.63) is 119 Å². The lowest BCUT2D eigenvalue weighted by Gasteiger charge is -2.17. The maximum absolute atomic E-state index is 13.5. The number of carbonyl (C=O) groups is 3. The molecule has 45 heavy (non-hydrogen) atoms. The van der Waals surface area contributed by atoms with Crippen LogP contribution >= 0.6 is 11.6 Å². The van der Waals surface area contributed by atoms with Crippen LogP contribution in [0, 0.1) is 0 Å². The lowest BCUT2D eigenvalue weighted by Crippen LogP contribution is -2.42. The number of amides is 2. The summed E-state index contributed by atoms with van der Waals surface area (Å²) in [6.07, 6.45) is 5.52. The van der Waals surface area contributed by atoms with Gasteiger partial charge in [-0.1, -0.05) is 60.6 Å². The molecule has 1 saturated heterocycles. The van der Waals surface area contributed by atoms with Crippen LogP contribution in [0.3, 0.4) is 0 Å². The van der Waals surface area contributed by atoms with Gasteiger partial charge in [-0.3, -0.25) is 14.9 Å². The number of halogens is 1. The molecule has 0 bridgehead atoms. The van der Waals surface area contributed by atoms with E-state index >= 15 is 0 Å². The summed E-state index contributed by atoms with van der Waals surface area (Å²) in [4.78, 5) is 38.7. The van der Waals surface area contributed by atoms with Crippen LogP contribution in [-0.4, -0.2) is 56.7 Å². The van der Waals surface area contributed by atoms with Crippen LogP contribution in [-0.2, 0) is 31.9 Å². The van der Waals surface area contributed by atoms with Crippen LogP contribution < -0.4 is 10.6 Å². The Balaban J connectivity index is 1.21. The van der Waals surface area contributed by atoms with Gasteiger partial charge in [0.25, 0.3) is 0 Å². The third-order valence-corrected chi connectivity index (χ3v) is 7.28. The van der Waals surface area contributed by atoms with Gasteiger partial charge in [0.1, 0.15) is 19.0 Å². The summed E-state index contributed by atoms with van der Waals surface area (Å²) >= 11 is 6.19. The minimum absolute atomic E-state index is 0.0763. The Bertz CT molecular complexity index is 1680. The molecule has 4 aromatic rings. The highest BCUT2D eigenvalue weighted by atomic mass is 35.5. The molecule has 2 N–H and O–H groups in total. The fraction of sp³-hybridized carbons (Fsp3) is 0.212. The molecule has 1 aromatic heterocycles. The first kappa shape index (κ1) is 31.1. The second kappa shape index (κ2) is 14.9. The molecule has 0 spiro atoms. The molecule has 3 aromatic carbocycles. The molecule has 1 aliphatic rings. The Morgan fingerprint density at radius 2 is 1.89 bits per heavy atom. The normalized spacial score (nSPS) is 15.0. The van der Waals surface area contributed by atoms with Gasteiger partial charge in [-0.2, -0.15) is 4.68 Å². The molecule has 11 nitrogen and oxygen atoms in total. The van der Waals surface area contributed by atoms with Crippen molar-refractivity contribution in [2.45, 2.75) is 37.8 Å². The van der Waals surface area contributed by atoms with Crippen LogP contribution in [0.2, 0.25) is 5.02 Å². The maximum atomic E-state index is 13.5. The lowest BCUT2D eigenvalue weighted by molar-refractivity contribution is -0.125. The van der Waals surface area contributed by atoms with E-state index in [4.69, 9.17) is 21.1 Å². The van der Waals surface area contributed by atoms with E-state index in [1.165, 1.54) is 17.1 Å². The molecule has 1 fully saturated rings. The monoisotopic (exact) mass is 626 g/mol. The van der Waals surface area contributed by atoms with E-state index in [-0.39, 0.29) is 24.9 Å². The first-order valence-corrected chi connectivity index (χ1v) is 14.7. The number of allylic oxidation sites excluding steroid dienone is 1. The molecule has 2 amide bonds. The van der Waals surface area contributed by atoms with Crippen molar-refractivity contribution in [1.29, 1.82) is 0 Å². The van der Waals surface area contributed by atoms with Gasteiger partial charge in [0.2, 0.25) is 5.91 Å². The maximum Gasteiger partial charge on any atom is 0.411 e. The molecule has 0 unspecified atom stereocenters. The second-order valence-electron chi connectivity index (χ2n) is 10.4. The molecule has 12 heteroatoms. The largest absolute Gasteiger partial charge is 0.492 e. The average molecular weight is 627 g/mol. The third kappa shape index (κ3) is 9.10. The summed E-state index contributed by atoms with van der Waals surface area (Å²) in [5, 5.41) is 17.2. The van der Waals surface area contributed by atoms with Crippen molar-refractivity contribution < 1.29 is 23.9 Å². The third-order valence-electron chi connectivity index (χ3n) is 7.04. The molecule has 230 valence electrons. The number of nitrogens with one attached hydrogen (secondary N) is 2. The number of tetrazole rings is 1. The SMILES string of the molecule is C=C1CC[C@@H](COC(=O)Nc2ccc(CC(=O)[C@H](Cc3ccccc3)NC(=O)/C=C/c3cc(Cl)ccc3-n3cnnn3)cc2)O1. The number of anilines is 1. The smallest absolute Gasteiger partial charge is 0.411 e. The van der Waals surface area contributed by atoms with Crippen LogP contribution in [0.15, 0.2) is 97.5 Å². The predicted octanol–water partition coefficient (Wildman–Crippen LogP) is 5.11. The number of benzene rings is 3. The number of ketones is 1. The van der Waals surface area contributed by atoms with E-state index in [0.717, 1.165) is 24.0 Å². The summed E-state index contributed by atoms with van der Waals surface area (Å²) in [5.74, 6) is 0.0814. The first-order valence-electron chi connectivity index (χ1n) is 14.3. The number of rotatable bonds is 12. The highest BCUT2D eigenvalue weighted by molar-refractivity contribution is 6.30. The standard InChI is InChI=1S/C33H31ClN6O5/c1-22-7-14-28(45-22)20-44-33(43)36-27-12-8-24(9-13-27)18-31(41)29(17-23-5-3-2-4-6-23)37-32(42)16-10-25-19-26(34)11-15-30(25)40-21-35-38-39-40/h2-6,8-13,15-16,19,21,28-29H,1,7,14,17-18,20H2,(H,36,43)(H,37,42)/b16-10+/t28-,29-/m0/s1. The quantitative estimate of drug-likeness (QED) is 0.207. The van der Waals surface area contributed by atoms with Crippen molar-refractivity contribution in [3.63, 3.8) is 0 Å². The molecule has 2 atom stereocenters. The molecular weight excluding hydrogens is 596 g/mol. The number of nitrogens with zero attached hydrogens (tertiary/aromatic N) is 4. The lowest BCUT2D eigenvalue weighted by atomic mass is 9.97. The van der Waals surface area contributed by atoms with Gasteiger partial charge in [-0.15, -0.1) is 5.10 Å². The molecule has 0 radical (unpaired) electrons. The van der Waals surface area contributed by atoms with Gasteiger partial charge < -0.3 is 14.8 Å². The van der Waals surface area contributed by atoms with Gasteiger partial charge in [-0.25, -0.2) is 4.79 Å². The van der Waals surface area contributed by atoms with E-state index < -0.39 is 18.0 Å². The highest BCUT2D eigenvalue weighted by Crippen LogP contribution is 2.22. The van der Waals surface area contributed by atoms with Crippen LogP contribution in [0.4, 0.5) is 10.5 Å². The molecular formula is C33H31ClN6O5. The second-order valence-corrected chi connectivity index (χ2v) is 10.9. The number of Topliss-reactive ketones (excluding diaryl/α,β-unsaturated/α-hetero) is 1. The van der Waals surface area contributed by atoms with Crippen molar-refractivity contribution in [2.24, 2.45) is 0 Å². The first-order chi connectivity index (χ1) is 21.8. The Labute approximate surface area is 264 Å². The molecule has 1 aliphatic heterocycles. The topological polar surface area (TPSA) is 137 Å². The zero-order valence-electron chi connectivity index (χ0n) is 24.3. The van der Waals surface area contributed by atoms with Crippen molar-refractivity contribution >= 4 is 41.1 Å². The fourth-order valence-electron chi connectivity index (χ4n) is 4.77. The zero-order valence-corrected chi connectivity index (χ0v) is 25.0. The van der Waals surface area contributed by atoms with Crippen LogP contribution in [0.5, 0.6) is 0 Å². The van der Waals surface area contributed by atoms with Crippen molar-refractivity contribution in [1.82, 2.24) is 25.5 Å². The number of hydrogen-bond acceptors (Lipinski definition) is 8. The summed E-state index contributed by atoms with van der Waals surface area (Å²) in [6, 6.07) is 20.7. The van der Waals surface area contributed by atoms with Gasteiger partial charge in [0.05, 0.1) is 17.5 Å². The Hall–Kier alpha value is -5.29. The van der Waals surface area contributed by atoms with Gasteiger partial charge in [0, 0.05) is 35.2 Å². The number of carbonyl (C=O) groups excluding carboxylic acids is 3. The molecule has 0 saturated carbocycles. The number of aromatic nitrogens is 4. The van der Waals surface area contributed by atoms with E-state index in [1.807, 2.05) is 30.3 Å². The van der Waals surface area contributed by atoms with E-state index in [0.29, 0.717) is 34.1 Å².